The maximum atomic E-state index is 14.0. The van der Waals surface area contributed by atoms with Crippen molar-refractivity contribution in [3.8, 4) is 0 Å². The Labute approximate surface area is 245 Å². The van der Waals surface area contributed by atoms with E-state index in [4.69, 9.17) is 0 Å². The quantitative estimate of drug-likeness (QED) is 0.419. The van der Waals surface area contributed by atoms with Gasteiger partial charge in [-0.25, -0.2) is 4.39 Å². The molecule has 2 aromatic rings. The van der Waals surface area contributed by atoms with E-state index in [1.54, 1.807) is 13.0 Å². The van der Waals surface area contributed by atoms with E-state index >= 15 is 0 Å². The Balaban J connectivity index is 1.41. The molecule has 0 N–H and O–H groups in total. The number of amides is 2. The van der Waals surface area contributed by atoms with Crippen LogP contribution in [-0.4, -0.2) is 77.9 Å². The third kappa shape index (κ3) is 6.61. The lowest BCUT2D eigenvalue weighted by Gasteiger charge is -2.48. The van der Waals surface area contributed by atoms with Gasteiger partial charge in [-0.05, 0) is 73.7 Å². The predicted octanol–water partition coefficient (Wildman–Crippen LogP) is 5.47. The van der Waals surface area contributed by atoms with Crippen molar-refractivity contribution in [3.05, 3.63) is 64.5 Å². The second-order valence-electron chi connectivity index (χ2n) is 11.7. The molecule has 2 unspecified atom stereocenters. The fourth-order valence-electron chi connectivity index (χ4n) is 6.68. The molecule has 3 atom stereocenters. The molecular formula is C30H33F7N4O2. The predicted molar refractivity (Wildman–Crippen MR) is 145 cm³/mol. The van der Waals surface area contributed by atoms with Crippen LogP contribution in [0.2, 0.25) is 0 Å². The van der Waals surface area contributed by atoms with Crippen LogP contribution in [0.15, 0.2) is 36.4 Å². The van der Waals surface area contributed by atoms with Gasteiger partial charge in [0.2, 0.25) is 11.8 Å². The first kappa shape index (κ1) is 31.1. The van der Waals surface area contributed by atoms with E-state index in [0.29, 0.717) is 68.8 Å². The van der Waals surface area contributed by atoms with Crippen molar-refractivity contribution in [3.63, 3.8) is 0 Å². The Morgan fingerprint density at radius 2 is 1.58 bits per heavy atom. The summed E-state index contributed by atoms with van der Waals surface area (Å²) in [5, 5.41) is 0. The molecule has 2 amide bonds. The van der Waals surface area contributed by atoms with E-state index in [0.717, 1.165) is 11.3 Å². The fourth-order valence-corrected chi connectivity index (χ4v) is 6.68. The van der Waals surface area contributed by atoms with Crippen LogP contribution in [0.3, 0.4) is 0 Å². The molecule has 0 saturated carbocycles. The van der Waals surface area contributed by atoms with E-state index in [1.807, 2.05) is 9.80 Å². The molecule has 3 fully saturated rings. The maximum absolute atomic E-state index is 14.0. The van der Waals surface area contributed by atoms with Crippen LogP contribution in [0.5, 0.6) is 0 Å². The highest BCUT2D eigenvalue weighted by Crippen LogP contribution is 2.37. The van der Waals surface area contributed by atoms with Crippen molar-refractivity contribution in [1.82, 2.24) is 14.7 Å². The van der Waals surface area contributed by atoms with Crippen LogP contribution in [0.1, 0.15) is 47.9 Å². The number of nitrogens with zero attached hydrogens (tertiary/aromatic N) is 4. The minimum absolute atomic E-state index is 0.0254. The molecule has 0 radical (unpaired) electrons. The average molecular weight is 615 g/mol. The summed E-state index contributed by atoms with van der Waals surface area (Å²) in [6.45, 7) is 3.60. The van der Waals surface area contributed by atoms with E-state index in [1.165, 1.54) is 19.2 Å². The van der Waals surface area contributed by atoms with Gasteiger partial charge in [0.25, 0.3) is 0 Å². The van der Waals surface area contributed by atoms with Crippen LogP contribution in [0, 0.1) is 12.7 Å². The Morgan fingerprint density at radius 1 is 0.907 bits per heavy atom. The zero-order chi connectivity index (χ0) is 31.3. The molecule has 0 spiro atoms. The van der Waals surface area contributed by atoms with Gasteiger partial charge in [0, 0.05) is 64.0 Å². The molecule has 6 nitrogen and oxygen atoms in total. The zero-order valence-corrected chi connectivity index (χ0v) is 23.8. The van der Waals surface area contributed by atoms with E-state index < -0.39 is 47.8 Å². The van der Waals surface area contributed by atoms with Crippen LogP contribution >= 0.6 is 0 Å². The summed E-state index contributed by atoms with van der Waals surface area (Å²) in [7, 11) is 1.36. The van der Waals surface area contributed by atoms with Gasteiger partial charge in [-0.3, -0.25) is 14.5 Å². The van der Waals surface area contributed by atoms with Crippen molar-refractivity contribution in [2.24, 2.45) is 0 Å². The highest BCUT2D eigenvalue weighted by molar-refractivity contribution is 5.86. The number of alkyl halides is 6. The molecule has 0 bridgehead atoms. The third-order valence-electron chi connectivity index (χ3n) is 8.81. The zero-order valence-electron chi connectivity index (χ0n) is 23.8. The van der Waals surface area contributed by atoms with Gasteiger partial charge in [0.05, 0.1) is 11.1 Å². The first-order chi connectivity index (χ1) is 20.1. The molecule has 3 aliphatic heterocycles. The number of anilines is 1. The first-order valence-corrected chi connectivity index (χ1v) is 14.2. The largest absolute Gasteiger partial charge is 0.416 e. The molecule has 2 aromatic carbocycles. The first-order valence-electron chi connectivity index (χ1n) is 14.2. The summed E-state index contributed by atoms with van der Waals surface area (Å²) in [6.07, 6.45) is -7.67. The molecule has 3 aliphatic rings. The second kappa shape index (κ2) is 11.6. The number of aryl methyl sites for hydroxylation is 1. The van der Waals surface area contributed by atoms with Gasteiger partial charge in [0.15, 0.2) is 0 Å². The van der Waals surface area contributed by atoms with Crippen molar-refractivity contribution in [1.29, 1.82) is 0 Å². The third-order valence-corrected chi connectivity index (χ3v) is 8.81. The summed E-state index contributed by atoms with van der Waals surface area (Å²) in [5.74, 6) is -0.761. The highest BCUT2D eigenvalue weighted by Gasteiger charge is 2.42. The van der Waals surface area contributed by atoms with E-state index in [9.17, 15) is 40.3 Å². The van der Waals surface area contributed by atoms with Crippen molar-refractivity contribution in [2.45, 2.75) is 69.6 Å². The summed E-state index contributed by atoms with van der Waals surface area (Å²) in [4.78, 5) is 33.3. The summed E-state index contributed by atoms with van der Waals surface area (Å²) in [6, 6.07) is 4.84. The van der Waals surface area contributed by atoms with E-state index in [-0.39, 0.29) is 29.6 Å². The van der Waals surface area contributed by atoms with Gasteiger partial charge in [-0.15, -0.1) is 0 Å². The fraction of sp³-hybridized carbons (Fsp3) is 0.533. The van der Waals surface area contributed by atoms with Crippen molar-refractivity contribution < 1.29 is 40.3 Å². The van der Waals surface area contributed by atoms with Gasteiger partial charge in [-0.2, -0.15) is 26.3 Å². The number of rotatable bonds is 5. The number of piperazine rings is 1. The van der Waals surface area contributed by atoms with Crippen molar-refractivity contribution in [2.75, 3.05) is 38.1 Å². The smallest absolute Gasteiger partial charge is 0.359 e. The van der Waals surface area contributed by atoms with Gasteiger partial charge in [0.1, 0.15) is 11.9 Å². The minimum Gasteiger partial charge on any atom is -0.359 e. The normalized spacial score (nSPS) is 23.5. The lowest BCUT2D eigenvalue weighted by atomic mass is 9.92. The standard InChI is InChI=1S/C30H33F7N4O2/c1-18-11-22(31)3-5-25(18)41-8-7-23(39-9-10-40-24(17-39)4-6-27(40)42)15-26(41)28(43)38(2)16-19-12-20(29(32,33)34)14-21(13-19)30(35,36)37/h3,5,11-14,23-24,26H,4,6-10,15-17H2,1-2H3/t23?,24-,26?/m1/s1. The van der Waals surface area contributed by atoms with Gasteiger partial charge in [-0.1, -0.05) is 0 Å². The Bertz CT molecular complexity index is 1350. The number of carbonyl (C=O) groups is 2. The number of piperidine rings is 1. The van der Waals surface area contributed by atoms with Crippen LogP contribution in [0.4, 0.5) is 36.4 Å². The molecule has 43 heavy (non-hydrogen) atoms. The van der Waals surface area contributed by atoms with Gasteiger partial charge < -0.3 is 14.7 Å². The molecule has 0 aromatic heterocycles. The summed E-state index contributed by atoms with van der Waals surface area (Å²) in [5.41, 5.74) is -1.94. The molecule has 3 heterocycles. The Kier molecular flexibility index (Phi) is 8.40. The molecule has 3 saturated heterocycles. The average Bonchev–Trinajstić information content (AvgIpc) is 3.31. The maximum Gasteiger partial charge on any atom is 0.416 e. The van der Waals surface area contributed by atoms with Crippen LogP contribution in [0.25, 0.3) is 0 Å². The summed E-state index contributed by atoms with van der Waals surface area (Å²) < 4.78 is 94.6. The highest BCUT2D eigenvalue weighted by atomic mass is 19.4. The minimum atomic E-state index is -5.00. The Hall–Kier alpha value is -3.35. The van der Waals surface area contributed by atoms with E-state index in [2.05, 4.69) is 4.90 Å². The lowest BCUT2D eigenvalue weighted by molar-refractivity contribution is -0.143. The van der Waals surface area contributed by atoms with Crippen LogP contribution in [-0.2, 0) is 28.5 Å². The SMILES string of the molecule is Cc1cc(F)ccc1N1CCC(N2CCN3C(=O)CC[C@@H]3C2)CC1C(=O)N(C)Cc1cc(C(F)(F)F)cc(C(F)(F)F)c1. The number of hydrogen-bond acceptors (Lipinski definition) is 4. The molecular weight excluding hydrogens is 581 g/mol. The molecule has 0 aliphatic carbocycles. The molecule has 234 valence electrons. The number of hydrogen-bond donors (Lipinski definition) is 0. The number of halogens is 7. The number of benzene rings is 2. The van der Waals surface area contributed by atoms with Crippen LogP contribution < -0.4 is 4.90 Å². The number of likely N-dealkylation sites (N-methyl/N-ethyl adjacent to an activating group) is 1. The van der Waals surface area contributed by atoms with Gasteiger partial charge >= 0.3 is 12.4 Å². The summed E-state index contributed by atoms with van der Waals surface area (Å²) >= 11 is 0. The lowest BCUT2D eigenvalue weighted by Crippen LogP contribution is -2.60. The Morgan fingerprint density at radius 3 is 2.21 bits per heavy atom. The molecule has 13 heteroatoms. The molecule has 5 rings (SSSR count). The second-order valence-corrected chi connectivity index (χ2v) is 11.7. The number of carbonyl (C=O) groups excluding carboxylic acids is 2. The van der Waals surface area contributed by atoms with Crippen molar-refractivity contribution >= 4 is 17.5 Å². The number of fused-ring (bicyclic) bond motifs is 1. The topological polar surface area (TPSA) is 47.1 Å². The monoisotopic (exact) mass is 614 g/mol.